The fourth-order valence-electron chi connectivity index (χ4n) is 2.32. The van der Waals surface area contributed by atoms with Crippen LogP contribution in [-0.4, -0.2) is 35.8 Å². The number of carboxylic acid groups (broad SMARTS) is 1. The van der Waals surface area contributed by atoms with Gasteiger partial charge in [-0.05, 0) is 17.1 Å². The third kappa shape index (κ3) is 3.33. The molecule has 0 saturated carbocycles. The number of carbonyl (C=O) groups is 2. The van der Waals surface area contributed by atoms with Gasteiger partial charge < -0.3 is 19.7 Å². The van der Waals surface area contributed by atoms with Gasteiger partial charge in [-0.25, -0.2) is 0 Å². The highest BCUT2D eigenvalue weighted by molar-refractivity contribution is 5.92. The van der Waals surface area contributed by atoms with Crippen LogP contribution in [0.15, 0.2) is 40.9 Å². The van der Waals surface area contributed by atoms with Gasteiger partial charge in [-0.15, -0.1) is 0 Å². The Bertz CT molecular complexity index is 683. The summed E-state index contributed by atoms with van der Waals surface area (Å²) in [5.74, 6) is -1.40. The van der Waals surface area contributed by atoms with Crippen molar-refractivity contribution in [3.63, 3.8) is 0 Å². The molecule has 0 aliphatic rings. The molecule has 0 radical (unpaired) electrons. The number of nitrogens with zero attached hydrogens (tertiary/aromatic N) is 1. The molecule has 2 rings (SSSR count). The van der Waals surface area contributed by atoms with Gasteiger partial charge in [0, 0.05) is 6.54 Å². The Morgan fingerprint density at radius 2 is 2.04 bits per heavy atom. The molecule has 0 bridgehead atoms. The van der Waals surface area contributed by atoms with E-state index in [1.54, 1.807) is 31.2 Å². The molecule has 0 aliphatic heterocycles. The van der Waals surface area contributed by atoms with E-state index in [0.29, 0.717) is 12.0 Å². The van der Waals surface area contributed by atoms with Crippen LogP contribution in [0.4, 0.5) is 0 Å². The van der Waals surface area contributed by atoms with Crippen molar-refractivity contribution in [2.24, 2.45) is 0 Å². The van der Waals surface area contributed by atoms with Gasteiger partial charge in [0.1, 0.15) is 5.41 Å². The first-order valence-corrected chi connectivity index (χ1v) is 7.11. The van der Waals surface area contributed by atoms with Crippen LogP contribution >= 0.6 is 0 Å². The van der Waals surface area contributed by atoms with Gasteiger partial charge in [0.2, 0.25) is 5.76 Å². The maximum Gasteiger partial charge on any atom is 0.315 e. The summed E-state index contributed by atoms with van der Waals surface area (Å²) >= 11 is 0. The lowest BCUT2D eigenvalue weighted by molar-refractivity contribution is -0.143. The number of benzene rings is 1. The van der Waals surface area contributed by atoms with E-state index in [9.17, 15) is 14.7 Å². The van der Waals surface area contributed by atoms with Gasteiger partial charge in [-0.1, -0.05) is 37.3 Å². The molecule has 0 fully saturated rings. The molecule has 0 aliphatic carbocycles. The van der Waals surface area contributed by atoms with Crippen molar-refractivity contribution in [3.05, 3.63) is 47.7 Å². The molecular weight excluding hydrogens is 300 g/mol. The van der Waals surface area contributed by atoms with Crippen molar-refractivity contribution in [1.29, 1.82) is 0 Å². The second-order valence-electron chi connectivity index (χ2n) is 5.02. The Morgan fingerprint density at radius 1 is 1.35 bits per heavy atom. The fraction of sp³-hybridized carbons (Fsp3) is 0.312. The SMILES string of the molecule is CCC(CNC(=O)c1cc(OC)no1)(C(=O)O)c1ccccc1. The maximum absolute atomic E-state index is 12.1. The molecule has 7 heteroatoms. The Balaban J connectivity index is 2.19. The number of ether oxygens (including phenoxy) is 1. The molecule has 122 valence electrons. The molecule has 1 amide bonds. The third-order valence-electron chi connectivity index (χ3n) is 3.81. The van der Waals surface area contributed by atoms with E-state index in [-0.39, 0.29) is 18.2 Å². The first kappa shape index (κ1) is 16.5. The number of carboxylic acids is 1. The van der Waals surface area contributed by atoms with Crippen molar-refractivity contribution in [2.75, 3.05) is 13.7 Å². The van der Waals surface area contributed by atoms with Crippen molar-refractivity contribution < 1.29 is 24.0 Å². The van der Waals surface area contributed by atoms with E-state index in [1.807, 2.05) is 6.07 Å². The van der Waals surface area contributed by atoms with Crippen LogP contribution < -0.4 is 10.1 Å². The predicted octanol–water partition coefficient (Wildman–Crippen LogP) is 1.85. The first-order chi connectivity index (χ1) is 11.0. The fourth-order valence-corrected chi connectivity index (χ4v) is 2.32. The van der Waals surface area contributed by atoms with Crippen LogP contribution in [0.2, 0.25) is 0 Å². The quantitative estimate of drug-likeness (QED) is 0.808. The summed E-state index contributed by atoms with van der Waals surface area (Å²) in [6.45, 7) is 1.70. The van der Waals surface area contributed by atoms with Gasteiger partial charge in [-0.3, -0.25) is 9.59 Å². The highest BCUT2D eigenvalue weighted by Crippen LogP contribution is 2.28. The van der Waals surface area contributed by atoms with Crippen LogP contribution in [0.1, 0.15) is 29.5 Å². The number of amides is 1. The van der Waals surface area contributed by atoms with Crippen molar-refractivity contribution in [2.45, 2.75) is 18.8 Å². The summed E-state index contributed by atoms with van der Waals surface area (Å²) in [7, 11) is 1.40. The zero-order valence-corrected chi connectivity index (χ0v) is 12.9. The van der Waals surface area contributed by atoms with Crippen LogP contribution in [0.5, 0.6) is 5.88 Å². The largest absolute Gasteiger partial charge is 0.481 e. The minimum atomic E-state index is -1.21. The molecule has 1 atom stereocenters. The molecule has 2 N–H and O–H groups in total. The summed E-state index contributed by atoms with van der Waals surface area (Å²) in [5.41, 5.74) is -0.577. The molecule has 1 aromatic carbocycles. The number of nitrogens with one attached hydrogen (secondary N) is 1. The number of rotatable bonds is 7. The van der Waals surface area contributed by atoms with Crippen molar-refractivity contribution in [3.8, 4) is 5.88 Å². The summed E-state index contributed by atoms with van der Waals surface area (Å²) in [4.78, 5) is 23.9. The average Bonchev–Trinajstić information content (AvgIpc) is 3.05. The van der Waals surface area contributed by atoms with Crippen LogP contribution in [-0.2, 0) is 10.2 Å². The Morgan fingerprint density at radius 3 is 2.57 bits per heavy atom. The normalized spacial score (nSPS) is 13.1. The topological polar surface area (TPSA) is 102 Å². The van der Waals surface area contributed by atoms with Gasteiger partial charge in [0.25, 0.3) is 11.8 Å². The van der Waals surface area contributed by atoms with E-state index < -0.39 is 17.3 Å². The lowest BCUT2D eigenvalue weighted by Gasteiger charge is -2.28. The minimum absolute atomic E-state index is 0.0368. The maximum atomic E-state index is 12.1. The van der Waals surface area contributed by atoms with Crippen LogP contribution in [0.3, 0.4) is 0 Å². The molecule has 7 nitrogen and oxygen atoms in total. The minimum Gasteiger partial charge on any atom is -0.481 e. The second kappa shape index (κ2) is 6.95. The van der Waals surface area contributed by atoms with Gasteiger partial charge in [-0.2, -0.15) is 0 Å². The van der Waals surface area contributed by atoms with Crippen molar-refractivity contribution >= 4 is 11.9 Å². The molecule has 1 unspecified atom stereocenters. The Hall–Kier alpha value is -2.83. The lowest BCUT2D eigenvalue weighted by Crippen LogP contribution is -2.46. The molecule has 1 heterocycles. The van der Waals surface area contributed by atoms with E-state index in [2.05, 4.69) is 10.5 Å². The summed E-state index contributed by atoms with van der Waals surface area (Å²) in [5, 5.41) is 15.8. The molecule has 0 saturated heterocycles. The number of methoxy groups -OCH3 is 1. The third-order valence-corrected chi connectivity index (χ3v) is 3.81. The van der Waals surface area contributed by atoms with E-state index in [1.165, 1.54) is 13.2 Å². The lowest BCUT2D eigenvalue weighted by atomic mass is 9.78. The zero-order chi connectivity index (χ0) is 16.9. The summed E-state index contributed by atoms with van der Waals surface area (Å²) in [6.07, 6.45) is 0.326. The Labute approximate surface area is 133 Å². The van der Waals surface area contributed by atoms with E-state index in [0.717, 1.165) is 0 Å². The molecule has 0 spiro atoms. The summed E-state index contributed by atoms with van der Waals surface area (Å²) < 4.78 is 9.69. The molecule has 1 aromatic heterocycles. The zero-order valence-electron chi connectivity index (χ0n) is 12.9. The molecule has 2 aromatic rings. The van der Waals surface area contributed by atoms with E-state index >= 15 is 0 Å². The molecular formula is C16H18N2O5. The smallest absolute Gasteiger partial charge is 0.315 e. The monoisotopic (exact) mass is 318 g/mol. The van der Waals surface area contributed by atoms with Crippen molar-refractivity contribution in [1.82, 2.24) is 10.5 Å². The number of carbonyl (C=O) groups excluding carboxylic acids is 1. The highest BCUT2D eigenvalue weighted by atomic mass is 16.5. The average molecular weight is 318 g/mol. The van der Waals surface area contributed by atoms with Gasteiger partial charge in [0.05, 0.1) is 13.2 Å². The Kier molecular flexibility index (Phi) is 5.00. The number of hydrogen-bond donors (Lipinski definition) is 2. The van der Waals surface area contributed by atoms with Gasteiger partial charge >= 0.3 is 5.97 Å². The first-order valence-electron chi connectivity index (χ1n) is 7.11. The van der Waals surface area contributed by atoms with Crippen LogP contribution in [0, 0.1) is 0 Å². The number of aromatic nitrogens is 1. The highest BCUT2D eigenvalue weighted by Gasteiger charge is 2.39. The summed E-state index contributed by atoms with van der Waals surface area (Å²) in [6, 6.07) is 10.2. The second-order valence-corrected chi connectivity index (χ2v) is 5.02. The number of aliphatic carboxylic acids is 1. The van der Waals surface area contributed by atoms with Gasteiger partial charge in [0.15, 0.2) is 0 Å². The molecule has 23 heavy (non-hydrogen) atoms. The predicted molar refractivity (Wildman–Crippen MR) is 81.4 cm³/mol. The van der Waals surface area contributed by atoms with E-state index in [4.69, 9.17) is 9.26 Å². The number of hydrogen-bond acceptors (Lipinski definition) is 5. The van der Waals surface area contributed by atoms with Crippen LogP contribution in [0.25, 0.3) is 0 Å². The standard InChI is InChI=1S/C16H18N2O5/c1-3-16(15(20)21,11-7-5-4-6-8-11)10-17-14(19)12-9-13(22-2)18-23-12/h4-9H,3,10H2,1-2H3,(H,17,19)(H,20,21).